The van der Waals surface area contributed by atoms with Gasteiger partial charge in [-0.05, 0) is 50.2 Å². The van der Waals surface area contributed by atoms with Crippen LogP contribution in [0, 0.1) is 11.8 Å². The standard InChI is InChI=1S/C23H31N3O3S/c1-15-11-16(2)13-25(12-15)21(27)17(3)30-23-24-20-9-5-4-8-19(20)22(28)26(23)14-18-7-6-10-29-18/h4-5,8-9,15-18H,6-7,10-14H2,1-3H3. The van der Waals surface area contributed by atoms with Crippen LogP contribution in [0.5, 0.6) is 0 Å². The van der Waals surface area contributed by atoms with Gasteiger partial charge in [0.1, 0.15) is 0 Å². The molecule has 0 saturated carbocycles. The monoisotopic (exact) mass is 429 g/mol. The van der Waals surface area contributed by atoms with Crippen LogP contribution in [0.3, 0.4) is 0 Å². The van der Waals surface area contributed by atoms with Crippen molar-refractivity contribution in [1.29, 1.82) is 0 Å². The van der Waals surface area contributed by atoms with E-state index in [0.717, 1.165) is 32.5 Å². The number of carbonyl (C=O) groups is 1. The number of rotatable bonds is 5. The molecule has 0 N–H and O–H groups in total. The van der Waals surface area contributed by atoms with E-state index >= 15 is 0 Å². The minimum absolute atomic E-state index is 0.0276. The zero-order valence-corrected chi connectivity index (χ0v) is 18.9. The zero-order valence-electron chi connectivity index (χ0n) is 18.0. The van der Waals surface area contributed by atoms with Gasteiger partial charge in [-0.3, -0.25) is 14.2 Å². The molecule has 30 heavy (non-hydrogen) atoms. The number of thioether (sulfide) groups is 1. The van der Waals surface area contributed by atoms with Crippen LogP contribution in [0.1, 0.15) is 40.0 Å². The van der Waals surface area contributed by atoms with Gasteiger partial charge in [-0.25, -0.2) is 4.98 Å². The van der Waals surface area contributed by atoms with Gasteiger partial charge >= 0.3 is 0 Å². The summed E-state index contributed by atoms with van der Waals surface area (Å²) in [6.07, 6.45) is 3.16. The SMILES string of the molecule is CC1CC(C)CN(C(=O)C(C)Sc2nc3ccccc3c(=O)n2CC2CCCO2)C1. The first-order chi connectivity index (χ1) is 14.4. The first-order valence-electron chi connectivity index (χ1n) is 11.0. The molecule has 2 aromatic rings. The molecule has 162 valence electrons. The van der Waals surface area contributed by atoms with Crippen LogP contribution >= 0.6 is 11.8 Å². The third-order valence-corrected chi connectivity index (χ3v) is 7.12. The first kappa shape index (κ1) is 21.4. The van der Waals surface area contributed by atoms with Gasteiger partial charge in [-0.15, -0.1) is 0 Å². The second-order valence-corrected chi connectivity index (χ2v) is 10.2. The normalized spacial score (nSPS) is 25.6. The van der Waals surface area contributed by atoms with Gasteiger partial charge in [0.25, 0.3) is 5.56 Å². The van der Waals surface area contributed by atoms with Gasteiger partial charge in [0, 0.05) is 19.7 Å². The molecule has 6 nitrogen and oxygen atoms in total. The van der Waals surface area contributed by atoms with Crippen molar-refractivity contribution >= 4 is 28.6 Å². The second kappa shape index (κ2) is 9.10. The van der Waals surface area contributed by atoms with Crippen LogP contribution in [0.4, 0.5) is 0 Å². The number of ether oxygens (including phenoxy) is 1. The molecule has 1 amide bonds. The first-order valence-corrected chi connectivity index (χ1v) is 11.9. The van der Waals surface area contributed by atoms with E-state index in [2.05, 4.69) is 13.8 Å². The van der Waals surface area contributed by atoms with Gasteiger partial charge < -0.3 is 9.64 Å². The van der Waals surface area contributed by atoms with Crippen molar-refractivity contribution in [1.82, 2.24) is 14.5 Å². The van der Waals surface area contributed by atoms with Crippen LogP contribution in [-0.4, -0.2) is 51.4 Å². The number of amides is 1. The lowest BCUT2D eigenvalue weighted by Gasteiger charge is -2.36. The Morgan fingerprint density at radius 3 is 2.70 bits per heavy atom. The van der Waals surface area contributed by atoms with E-state index in [1.165, 1.54) is 18.2 Å². The maximum Gasteiger partial charge on any atom is 0.262 e. The van der Waals surface area contributed by atoms with E-state index in [1.54, 1.807) is 4.57 Å². The third-order valence-electron chi connectivity index (χ3n) is 6.05. The lowest BCUT2D eigenvalue weighted by molar-refractivity contribution is -0.132. The van der Waals surface area contributed by atoms with Gasteiger partial charge in [0.15, 0.2) is 5.16 Å². The van der Waals surface area contributed by atoms with Crippen molar-refractivity contribution in [2.24, 2.45) is 11.8 Å². The number of fused-ring (bicyclic) bond motifs is 1. The van der Waals surface area contributed by atoms with Crippen LogP contribution in [0.25, 0.3) is 10.9 Å². The molecule has 4 atom stereocenters. The predicted octanol–water partition coefficient (Wildman–Crippen LogP) is 3.56. The molecule has 0 aliphatic carbocycles. The maximum atomic E-state index is 13.2. The van der Waals surface area contributed by atoms with E-state index in [9.17, 15) is 9.59 Å². The van der Waals surface area contributed by atoms with E-state index in [-0.39, 0.29) is 22.8 Å². The summed E-state index contributed by atoms with van der Waals surface area (Å²) in [5.74, 6) is 1.17. The minimum Gasteiger partial charge on any atom is -0.376 e. The number of likely N-dealkylation sites (tertiary alicyclic amines) is 1. The maximum absolute atomic E-state index is 13.2. The van der Waals surface area contributed by atoms with Crippen molar-refractivity contribution < 1.29 is 9.53 Å². The number of nitrogens with zero attached hydrogens (tertiary/aromatic N) is 3. The topological polar surface area (TPSA) is 64.4 Å². The van der Waals surface area contributed by atoms with E-state index in [1.807, 2.05) is 36.1 Å². The van der Waals surface area contributed by atoms with Crippen LogP contribution in [0.2, 0.25) is 0 Å². The summed E-state index contributed by atoms with van der Waals surface area (Å²) in [6.45, 7) is 9.18. The molecule has 2 fully saturated rings. The lowest BCUT2D eigenvalue weighted by atomic mass is 9.92. The summed E-state index contributed by atoms with van der Waals surface area (Å²) < 4.78 is 7.49. The molecule has 1 aromatic carbocycles. The average molecular weight is 430 g/mol. The number of carbonyl (C=O) groups excluding carboxylic acids is 1. The Balaban J connectivity index is 1.61. The summed E-state index contributed by atoms with van der Waals surface area (Å²) >= 11 is 1.39. The van der Waals surface area contributed by atoms with Crippen molar-refractivity contribution in [2.75, 3.05) is 19.7 Å². The number of hydrogen-bond acceptors (Lipinski definition) is 5. The fourth-order valence-corrected chi connectivity index (χ4v) is 5.70. The van der Waals surface area contributed by atoms with Crippen LogP contribution in [-0.2, 0) is 16.1 Å². The summed E-state index contributed by atoms with van der Waals surface area (Å²) in [7, 11) is 0. The Hall–Kier alpha value is -1.86. The van der Waals surface area contributed by atoms with Crippen molar-refractivity contribution in [2.45, 2.75) is 63.1 Å². The molecule has 2 aliphatic heterocycles. The van der Waals surface area contributed by atoms with Gasteiger partial charge in [-0.2, -0.15) is 0 Å². The highest BCUT2D eigenvalue weighted by molar-refractivity contribution is 8.00. The highest BCUT2D eigenvalue weighted by Gasteiger charge is 2.30. The molecule has 4 unspecified atom stereocenters. The van der Waals surface area contributed by atoms with E-state index in [0.29, 0.717) is 34.4 Å². The number of para-hydroxylation sites is 1. The quantitative estimate of drug-likeness (QED) is 0.537. The lowest BCUT2D eigenvalue weighted by Crippen LogP contribution is -2.45. The second-order valence-electron chi connectivity index (χ2n) is 8.91. The fourth-order valence-electron chi connectivity index (χ4n) is 4.70. The van der Waals surface area contributed by atoms with Gasteiger partial charge in [0.2, 0.25) is 5.91 Å². The molecule has 4 rings (SSSR count). The molecule has 3 heterocycles. The minimum atomic E-state index is -0.300. The summed E-state index contributed by atoms with van der Waals surface area (Å²) in [5, 5.41) is 0.914. The molecule has 2 saturated heterocycles. The number of benzene rings is 1. The molecule has 0 spiro atoms. The molecule has 7 heteroatoms. The van der Waals surface area contributed by atoms with Crippen LogP contribution < -0.4 is 5.56 Å². The number of aromatic nitrogens is 2. The van der Waals surface area contributed by atoms with Gasteiger partial charge in [0.05, 0.1) is 28.8 Å². The molecular formula is C23H31N3O3S. The van der Waals surface area contributed by atoms with Crippen molar-refractivity contribution in [3.8, 4) is 0 Å². The molecule has 0 bridgehead atoms. The predicted molar refractivity (Wildman–Crippen MR) is 120 cm³/mol. The van der Waals surface area contributed by atoms with E-state index < -0.39 is 0 Å². The largest absolute Gasteiger partial charge is 0.376 e. The van der Waals surface area contributed by atoms with E-state index in [4.69, 9.17) is 9.72 Å². The molecule has 0 radical (unpaired) electrons. The summed E-state index contributed by atoms with van der Waals surface area (Å²) in [4.78, 5) is 33.2. The Morgan fingerprint density at radius 1 is 1.27 bits per heavy atom. The Morgan fingerprint density at radius 2 is 2.00 bits per heavy atom. The van der Waals surface area contributed by atoms with Crippen molar-refractivity contribution in [3.05, 3.63) is 34.6 Å². The number of hydrogen-bond donors (Lipinski definition) is 0. The van der Waals surface area contributed by atoms with Crippen molar-refractivity contribution in [3.63, 3.8) is 0 Å². The Bertz CT molecular complexity index is 960. The van der Waals surface area contributed by atoms with Crippen LogP contribution in [0.15, 0.2) is 34.2 Å². The molecule has 2 aliphatic rings. The Kier molecular flexibility index (Phi) is 6.48. The fraction of sp³-hybridized carbons (Fsp3) is 0.609. The smallest absolute Gasteiger partial charge is 0.262 e. The zero-order chi connectivity index (χ0) is 21.3. The average Bonchev–Trinajstić information content (AvgIpc) is 3.23. The summed E-state index contributed by atoms with van der Waals surface area (Å²) in [5.41, 5.74) is 0.618. The number of piperidine rings is 1. The van der Waals surface area contributed by atoms with Gasteiger partial charge in [-0.1, -0.05) is 37.7 Å². The molecular weight excluding hydrogens is 398 g/mol. The third kappa shape index (κ3) is 4.57. The summed E-state index contributed by atoms with van der Waals surface area (Å²) in [6, 6.07) is 7.42. The Labute approximate surface area is 182 Å². The highest BCUT2D eigenvalue weighted by Crippen LogP contribution is 2.28. The molecule has 1 aromatic heterocycles. The highest BCUT2D eigenvalue weighted by atomic mass is 32.2.